The summed E-state index contributed by atoms with van der Waals surface area (Å²) in [6.45, 7) is 3.77. The summed E-state index contributed by atoms with van der Waals surface area (Å²) in [5, 5.41) is 7.22. The third-order valence-corrected chi connectivity index (χ3v) is 4.13. The summed E-state index contributed by atoms with van der Waals surface area (Å²) in [7, 11) is 0. The van der Waals surface area contributed by atoms with Crippen molar-refractivity contribution in [1.82, 2.24) is 10.6 Å². The van der Waals surface area contributed by atoms with Crippen LogP contribution in [-0.2, 0) is 0 Å². The predicted octanol–water partition coefficient (Wildman–Crippen LogP) is 2.68. The minimum absolute atomic E-state index is 0.158. The number of nitrogens with one attached hydrogen (secondary N) is 2. The standard InChI is InChI=1S/C14H15BrN2O2/c1-14(5-6-16-8-14)17-13(18)11-7-9-3-2-4-10(15)12(9)19-11/h2-4,7,16H,5-6,8H2,1H3,(H,17,18). The van der Waals surface area contributed by atoms with E-state index in [2.05, 4.69) is 26.6 Å². The van der Waals surface area contributed by atoms with E-state index in [9.17, 15) is 4.79 Å². The second kappa shape index (κ2) is 4.65. The van der Waals surface area contributed by atoms with Crippen LogP contribution in [0, 0.1) is 0 Å². The Morgan fingerprint density at radius 3 is 3.05 bits per heavy atom. The van der Waals surface area contributed by atoms with Gasteiger partial charge in [0.1, 0.15) is 5.58 Å². The number of hydrogen-bond acceptors (Lipinski definition) is 3. The molecule has 0 aliphatic carbocycles. The number of amides is 1. The first-order valence-corrected chi connectivity index (χ1v) is 7.08. The van der Waals surface area contributed by atoms with Gasteiger partial charge in [-0.1, -0.05) is 12.1 Å². The Kier molecular flexibility index (Phi) is 3.11. The lowest BCUT2D eigenvalue weighted by Gasteiger charge is -2.23. The minimum atomic E-state index is -0.187. The van der Waals surface area contributed by atoms with Crippen LogP contribution in [0.3, 0.4) is 0 Å². The molecule has 1 fully saturated rings. The smallest absolute Gasteiger partial charge is 0.287 e. The first-order chi connectivity index (χ1) is 9.07. The number of carbonyl (C=O) groups is 1. The first kappa shape index (κ1) is 12.7. The zero-order valence-corrected chi connectivity index (χ0v) is 12.2. The molecule has 2 N–H and O–H groups in total. The molecule has 1 amide bonds. The monoisotopic (exact) mass is 322 g/mol. The van der Waals surface area contributed by atoms with Crippen LogP contribution in [0.1, 0.15) is 23.9 Å². The van der Waals surface area contributed by atoms with E-state index in [0.717, 1.165) is 29.4 Å². The second-order valence-corrected chi connectivity index (χ2v) is 6.06. The molecule has 1 aliphatic rings. The van der Waals surface area contributed by atoms with E-state index < -0.39 is 0 Å². The van der Waals surface area contributed by atoms with E-state index in [1.165, 1.54) is 0 Å². The molecule has 1 unspecified atom stereocenters. The van der Waals surface area contributed by atoms with Crippen molar-refractivity contribution in [2.45, 2.75) is 18.9 Å². The molecule has 1 aromatic carbocycles. The maximum absolute atomic E-state index is 12.2. The Balaban J connectivity index is 1.87. The van der Waals surface area contributed by atoms with Crippen LogP contribution in [0.5, 0.6) is 0 Å². The molecule has 5 heteroatoms. The van der Waals surface area contributed by atoms with Crippen molar-refractivity contribution in [2.24, 2.45) is 0 Å². The van der Waals surface area contributed by atoms with Gasteiger partial charge in [-0.15, -0.1) is 0 Å². The summed E-state index contributed by atoms with van der Waals surface area (Å²) in [5.41, 5.74) is 0.523. The molecule has 0 radical (unpaired) electrons. The Morgan fingerprint density at radius 2 is 2.37 bits per heavy atom. The number of halogens is 1. The molecule has 100 valence electrons. The van der Waals surface area contributed by atoms with Crippen molar-refractivity contribution in [3.63, 3.8) is 0 Å². The van der Waals surface area contributed by atoms with Crippen LogP contribution >= 0.6 is 15.9 Å². The van der Waals surface area contributed by atoms with Gasteiger partial charge in [-0.25, -0.2) is 0 Å². The zero-order chi connectivity index (χ0) is 13.5. The van der Waals surface area contributed by atoms with Gasteiger partial charge in [-0.3, -0.25) is 4.79 Å². The largest absolute Gasteiger partial charge is 0.450 e. The average molecular weight is 323 g/mol. The molecule has 0 bridgehead atoms. The van der Waals surface area contributed by atoms with Crippen molar-refractivity contribution >= 4 is 32.8 Å². The van der Waals surface area contributed by atoms with Crippen LogP contribution in [-0.4, -0.2) is 24.5 Å². The van der Waals surface area contributed by atoms with Crippen molar-refractivity contribution < 1.29 is 9.21 Å². The highest BCUT2D eigenvalue weighted by atomic mass is 79.9. The average Bonchev–Trinajstić information content (AvgIpc) is 2.96. The third kappa shape index (κ3) is 2.40. The van der Waals surface area contributed by atoms with E-state index in [1.807, 2.05) is 25.1 Å². The highest BCUT2D eigenvalue weighted by Gasteiger charge is 2.31. The maximum Gasteiger partial charge on any atom is 0.287 e. The van der Waals surface area contributed by atoms with E-state index in [0.29, 0.717) is 11.3 Å². The van der Waals surface area contributed by atoms with Gasteiger partial charge in [0, 0.05) is 11.9 Å². The molecule has 19 heavy (non-hydrogen) atoms. The molecule has 1 atom stereocenters. The molecular weight excluding hydrogens is 308 g/mol. The number of rotatable bonds is 2. The lowest BCUT2D eigenvalue weighted by molar-refractivity contribution is 0.0886. The van der Waals surface area contributed by atoms with E-state index in [1.54, 1.807) is 6.07 Å². The SMILES string of the molecule is CC1(NC(=O)c2cc3cccc(Br)c3o2)CCNC1. The number of para-hydroxylation sites is 1. The van der Waals surface area contributed by atoms with E-state index in [4.69, 9.17) is 4.42 Å². The van der Waals surface area contributed by atoms with Gasteiger partial charge in [0.05, 0.1) is 10.0 Å². The van der Waals surface area contributed by atoms with E-state index >= 15 is 0 Å². The fourth-order valence-electron chi connectivity index (χ4n) is 2.40. The summed E-state index contributed by atoms with van der Waals surface area (Å²) in [5.74, 6) is 0.198. The molecule has 1 aromatic heterocycles. The lowest BCUT2D eigenvalue weighted by atomic mass is 10.0. The highest BCUT2D eigenvalue weighted by Crippen LogP contribution is 2.27. The molecular formula is C14H15BrN2O2. The van der Waals surface area contributed by atoms with Gasteiger partial charge in [0.15, 0.2) is 5.76 Å². The van der Waals surface area contributed by atoms with Crippen molar-refractivity contribution in [1.29, 1.82) is 0 Å². The topological polar surface area (TPSA) is 54.3 Å². The number of hydrogen-bond donors (Lipinski definition) is 2. The number of fused-ring (bicyclic) bond motifs is 1. The molecule has 1 saturated heterocycles. The summed E-state index contributed by atoms with van der Waals surface area (Å²) in [6.07, 6.45) is 0.933. The van der Waals surface area contributed by atoms with Gasteiger partial charge >= 0.3 is 0 Å². The summed E-state index contributed by atoms with van der Waals surface area (Å²) in [4.78, 5) is 12.2. The summed E-state index contributed by atoms with van der Waals surface area (Å²) < 4.78 is 6.50. The predicted molar refractivity (Wildman–Crippen MR) is 77.3 cm³/mol. The Labute approximate surface area is 119 Å². The third-order valence-electron chi connectivity index (χ3n) is 3.50. The minimum Gasteiger partial charge on any atom is -0.450 e. The fourth-order valence-corrected chi connectivity index (χ4v) is 2.86. The molecule has 0 saturated carbocycles. The van der Waals surface area contributed by atoms with Gasteiger partial charge in [-0.05, 0) is 48.0 Å². The Morgan fingerprint density at radius 1 is 1.53 bits per heavy atom. The van der Waals surface area contributed by atoms with E-state index in [-0.39, 0.29) is 11.4 Å². The first-order valence-electron chi connectivity index (χ1n) is 6.29. The van der Waals surface area contributed by atoms with Crippen molar-refractivity contribution in [3.05, 3.63) is 34.5 Å². The molecule has 2 aromatic rings. The van der Waals surface area contributed by atoms with Gasteiger partial charge in [0.25, 0.3) is 5.91 Å². The number of carbonyl (C=O) groups excluding carboxylic acids is 1. The number of furan rings is 1. The van der Waals surface area contributed by atoms with Crippen LogP contribution in [0.4, 0.5) is 0 Å². The highest BCUT2D eigenvalue weighted by molar-refractivity contribution is 9.10. The van der Waals surface area contributed by atoms with Gasteiger partial charge in [-0.2, -0.15) is 0 Å². The van der Waals surface area contributed by atoms with Crippen molar-refractivity contribution in [2.75, 3.05) is 13.1 Å². The summed E-state index contributed by atoms with van der Waals surface area (Å²) in [6, 6.07) is 7.53. The molecule has 2 heterocycles. The van der Waals surface area contributed by atoms with Crippen molar-refractivity contribution in [3.8, 4) is 0 Å². The number of benzene rings is 1. The molecule has 4 nitrogen and oxygen atoms in total. The van der Waals surface area contributed by atoms with Crippen LogP contribution in [0.25, 0.3) is 11.0 Å². The zero-order valence-electron chi connectivity index (χ0n) is 10.6. The Bertz CT molecular complexity index is 629. The molecule has 1 aliphatic heterocycles. The maximum atomic E-state index is 12.2. The lowest BCUT2D eigenvalue weighted by Crippen LogP contribution is -2.47. The van der Waals surface area contributed by atoms with Crippen LogP contribution < -0.4 is 10.6 Å². The second-order valence-electron chi connectivity index (χ2n) is 5.21. The Hall–Kier alpha value is -1.33. The molecule has 0 spiro atoms. The normalized spacial score (nSPS) is 22.8. The summed E-state index contributed by atoms with van der Waals surface area (Å²) >= 11 is 3.42. The molecule has 3 rings (SSSR count). The van der Waals surface area contributed by atoms with Crippen LogP contribution in [0.15, 0.2) is 33.2 Å². The van der Waals surface area contributed by atoms with Gasteiger partial charge < -0.3 is 15.1 Å². The quantitative estimate of drug-likeness (QED) is 0.893. The fraction of sp³-hybridized carbons (Fsp3) is 0.357. The van der Waals surface area contributed by atoms with Crippen LogP contribution in [0.2, 0.25) is 0 Å². The van der Waals surface area contributed by atoms with Gasteiger partial charge in [0.2, 0.25) is 0 Å².